The molecule has 0 atom stereocenters. The minimum absolute atomic E-state index is 0.000540. The number of pyridine rings is 1. The van der Waals surface area contributed by atoms with Crippen molar-refractivity contribution in [1.82, 2.24) is 9.88 Å². The fourth-order valence-corrected chi connectivity index (χ4v) is 2.58. The van der Waals surface area contributed by atoms with Gasteiger partial charge in [-0.15, -0.1) is 0 Å². The second kappa shape index (κ2) is 6.98. The van der Waals surface area contributed by atoms with Gasteiger partial charge in [-0.25, -0.2) is 4.98 Å². The minimum Gasteiger partial charge on any atom is -0.394 e. The van der Waals surface area contributed by atoms with Crippen LogP contribution in [0.3, 0.4) is 0 Å². The first-order valence-corrected chi connectivity index (χ1v) is 7.14. The first kappa shape index (κ1) is 14.4. The maximum Gasteiger partial charge on any atom is 0.256 e. The molecule has 0 aliphatic carbocycles. The molecular formula is C13H17BrN2O3. The van der Waals surface area contributed by atoms with E-state index in [4.69, 9.17) is 9.84 Å². The van der Waals surface area contributed by atoms with Gasteiger partial charge in [-0.3, -0.25) is 4.79 Å². The quantitative estimate of drug-likeness (QED) is 0.850. The zero-order valence-electron chi connectivity index (χ0n) is 10.6. The number of rotatable bonds is 4. The third-order valence-corrected chi connectivity index (χ3v) is 3.80. The Kier molecular flexibility index (Phi) is 5.30. The van der Waals surface area contributed by atoms with E-state index in [1.165, 1.54) is 0 Å². The van der Waals surface area contributed by atoms with Crippen molar-refractivity contribution in [3.63, 3.8) is 0 Å². The first-order chi connectivity index (χ1) is 9.22. The summed E-state index contributed by atoms with van der Waals surface area (Å²) in [6.45, 7) is 1.76. The Labute approximate surface area is 120 Å². The standard InChI is InChI=1S/C13H17BrN2O3/c14-12-11(2-1-5-15-12)13(18)16-6-3-10(4-7-16)19-9-8-17/h1-2,5,10,17H,3-4,6-9H2. The number of hydrogen-bond donors (Lipinski definition) is 1. The second-order valence-electron chi connectivity index (χ2n) is 4.43. The lowest BCUT2D eigenvalue weighted by atomic mass is 10.1. The van der Waals surface area contributed by atoms with E-state index in [0.29, 0.717) is 29.9 Å². The van der Waals surface area contributed by atoms with Crippen molar-refractivity contribution in [2.24, 2.45) is 0 Å². The first-order valence-electron chi connectivity index (χ1n) is 6.34. The number of likely N-dealkylation sites (tertiary alicyclic amines) is 1. The number of piperidine rings is 1. The number of aliphatic hydroxyl groups excluding tert-OH is 1. The van der Waals surface area contributed by atoms with Crippen molar-refractivity contribution >= 4 is 21.8 Å². The van der Waals surface area contributed by atoms with Crippen LogP contribution in [0.4, 0.5) is 0 Å². The van der Waals surface area contributed by atoms with E-state index in [-0.39, 0.29) is 18.6 Å². The predicted molar refractivity (Wildman–Crippen MR) is 73.9 cm³/mol. The van der Waals surface area contributed by atoms with Crippen molar-refractivity contribution in [3.8, 4) is 0 Å². The summed E-state index contributed by atoms with van der Waals surface area (Å²) in [4.78, 5) is 18.2. The number of halogens is 1. The molecule has 0 saturated carbocycles. The lowest BCUT2D eigenvalue weighted by Gasteiger charge is -2.32. The maximum absolute atomic E-state index is 12.3. The Bertz CT molecular complexity index is 434. The van der Waals surface area contributed by atoms with Crippen LogP contribution < -0.4 is 0 Å². The molecule has 0 spiro atoms. The molecule has 2 heterocycles. The van der Waals surface area contributed by atoms with Crippen molar-refractivity contribution in [1.29, 1.82) is 0 Å². The summed E-state index contributed by atoms with van der Waals surface area (Å²) in [5.41, 5.74) is 0.595. The van der Waals surface area contributed by atoms with Gasteiger partial charge in [0.1, 0.15) is 4.60 Å². The topological polar surface area (TPSA) is 62.7 Å². The minimum atomic E-state index is 0.000540. The van der Waals surface area contributed by atoms with Crippen LogP contribution in [-0.2, 0) is 4.74 Å². The van der Waals surface area contributed by atoms with Gasteiger partial charge in [0.15, 0.2) is 0 Å². The number of carbonyl (C=O) groups excluding carboxylic acids is 1. The summed E-state index contributed by atoms with van der Waals surface area (Å²) in [6.07, 6.45) is 3.41. The molecule has 1 aliphatic heterocycles. The van der Waals surface area contributed by atoms with E-state index < -0.39 is 0 Å². The van der Waals surface area contributed by atoms with Crippen molar-refractivity contribution in [3.05, 3.63) is 28.5 Å². The maximum atomic E-state index is 12.3. The predicted octanol–water partition coefficient (Wildman–Crippen LogP) is 1.46. The highest BCUT2D eigenvalue weighted by Crippen LogP contribution is 2.19. The molecule has 104 valence electrons. The van der Waals surface area contributed by atoms with Crippen molar-refractivity contribution in [2.45, 2.75) is 18.9 Å². The van der Waals surface area contributed by atoms with E-state index >= 15 is 0 Å². The molecule has 1 aromatic rings. The molecule has 19 heavy (non-hydrogen) atoms. The Morgan fingerprint density at radius 1 is 1.53 bits per heavy atom. The molecule has 0 unspecified atom stereocenters. The van der Waals surface area contributed by atoms with E-state index in [9.17, 15) is 4.79 Å². The molecule has 1 aliphatic rings. The van der Waals surface area contributed by atoms with Gasteiger partial charge in [-0.1, -0.05) is 0 Å². The van der Waals surface area contributed by atoms with Gasteiger partial charge in [0.05, 0.1) is 24.9 Å². The molecule has 0 aromatic carbocycles. The molecule has 1 saturated heterocycles. The van der Waals surface area contributed by atoms with Gasteiger partial charge >= 0.3 is 0 Å². The lowest BCUT2D eigenvalue weighted by Crippen LogP contribution is -2.41. The fraction of sp³-hybridized carbons (Fsp3) is 0.538. The van der Waals surface area contributed by atoms with E-state index in [0.717, 1.165) is 12.8 Å². The summed E-state index contributed by atoms with van der Waals surface area (Å²) in [5.74, 6) is 0.000540. The molecule has 1 N–H and O–H groups in total. The fourth-order valence-electron chi connectivity index (χ4n) is 2.16. The van der Waals surface area contributed by atoms with Crippen LogP contribution in [0.2, 0.25) is 0 Å². The molecule has 1 amide bonds. The van der Waals surface area contributed by atoms with Crippen LogP contribution in [0.25, 0.3) is 0 Å². The van der Waals surface area contributed by atoms with Crippen LogP contribution >= 0.6 is 15.9 Å². The van der Waals surface area contributed by atoms with E-state index in [2.05, 4.69) is 20.9 Å². The van der Waals surface area contributed by atoms with Crippen LogP contribution in [0.1, 0.15) is 23.2 Å². The van der Waals surface area contributed by atoms with Gasteiger partial charge < -0.3 is 14.7 Å². The van der Waals surface area contributed by atoms with Crippen LogP contribution in [0.15, 0.2) is 22.9 Å². The number of carbonyl (C=O) groups is 1. The van der Waals surface area contributed by atoms with Crippen molar-refractivity contribution in [2.75, 3.05) is 26.3 Å². The van der Waals surface area contributed by atoms with Gasteiger partial charge in [0.25, 0.3) is 5.91 Å². The number of aromatic nitrogens is 1. The molecule has 1 aromatic heterocycles. The summed E-state index contributed by atoms with van der Waals surface area (Å²) in [7, 11) is 0. The number of amides is 1. The molecular weight excluding hydrogens is 312 g/mol. The zero-order valence-corrected chi connectivity index (χ0v) is 12.2. The van der Waals surface area contributed by atoms with E-state index in [1.807, 2.05) is 4.90 Å². The number of aliphatic hydroxyl groups is 1. The average Bonchev–Trinajstić information content (AvgIpc) is 2.45. The largest absolute Gasteiger partial charge is 0.394 e. The number of nitrogens with zero attached hydrogens (tertiary/aromatic N) is 2. The van der Waals surface area contributed by atoms with Gasteiger partial charge in [-0.05, 0) is 40.9 Å². The summed E-state index contributed by atoms with van der Waals surface area (Å²) < 4.78 is 6.06. The van der Waals surface area contributed by atoms with Gasteiger partial charge in [-0.2, -0.15) is 0 Å². The Hall–Kier alpha value is -0.980. The molecule has 6 heteroatoms. The third kappa shape index (κ3) is 3.75. The molecule has 1 fully saturated rings. The average molecular weight is 329 g/mol. The van der Waals surface area contributed by atoms with Crippen LogP contribution in [-0.4, -0.2) is 53.3 Å². The zero-order chi connectivity index (χ0) is 13.7. The van der Waals surface area contributed by atoms with Crippen LogP contribution in [0, 0.1) is 0 Å². The number of ether oxygens (including phenoxy) is 1. The third-order valence-electron chi connectivity index (χ3n) is 3.16. The summed E-state index contributed by atoms with van der Waals surface area (Å²) >= 11 is 3.30. The molecule has 0 radical (unpaired) electrons. The molecule has 0 bridgehead atoms. The highest BCUT2D eigenvalue weighted by Gasteiger charge is 2.25. The molecule has 5 nitrogen and oxygen atoms in total. The Balaban J connectivity index is 1.91. The highest BCUT2D eigenvalue weighted by molar-refractivity contribution is 9.10. The summed E-state index contributed by atoms with van der Waals surface area (Å²) in [6, 6.07) is 3.53. The van der Waals surface area contributed by atoms with Gasteiger partial charge in [0.2, 0.25) is 0 Å². The normalized spacial score (nSPS) is 16.6. The summed E-state index contributed by atoms with van der Waals surface area (Å²) in [5, 5.41) is 8.71. The van der Waals surface area contributed by atoms with E-state index in [1.54, 1.807) is 18.3 Å². The SMILES string of the molecule is O=C(c1cccnc1Br)N1CCC(OCCO)CC1. The van der Waals surface area contributed by atoms with Crippen LogP contribution in [0.5, 0.6) is 0 Å². The molecule has 2 rings (SSSR count). The lowest BCUT2D eigenvalue weighted by molar-refractivity contribution is -0.00556. The smallest absolute Gasteiger partial charge is 0.256 e. The van der Waals surface area contributed by atoms with Gasteiger partial charge in [0, 0.05) is 19.3 Å². The Morgan fingerprint density at radius 2 is 2.26 bits per heavy atom. The van der Waals surface area contributed by atoms with Crippen molar-refractivity contribution < 1.29 is 14.6 Å². The second-order valence-corrected chi connectivity index (χ2v) is 5.18. The number of hydrogen-bond acceptors (Lipinski definition) is 4. The highest BCUT2D eigenvalue weighted by atomic mass is 79.9. The monoisotopic (exact) mass is 328 g/mol. The Morgan fingerprint density at radius 3 is 2.89 bits per heavy atom.